The first-order chi connectivity index (χ1) is 12.0. The summed E-state index contributed by atoms with van der Waals surface area (Å²) in [5.41, 5.74) is 5.90. The molecule has 9 nitrogen and oxygen atoms in total. The third kappa shape index (κ3) is 4.08. The van der Waals surface area contributed by atoms with Crippen molar-refractivity contribution in [3.8, 4) is 17.2 Å². The molecular formula is C16H17N3O6. The molecule has 9 heteroatoms. The molecule has 1 amide bonds. The summed E-state index contributed by atoms with van der Waals surface area (Å²) in [6.07, 6.45) is 0. The van der Waals surface area contributed by atoms with Gasteiger partial charge in [0.2, 0.25) is 5.75 Å². The Hall–Kier alpha value is -3.49. The SMILES string of the molecule is COc1cc(C(=O)NNc2ccc([N+](=O)[O-])cc2)cc(OC)c1OC. The monoisotopic (exact) mass is 347 g/mol. The number of carbonyl (C=O) groups excluding carboxylic acids is 1. The molecule has 0 aliphatic rings. The molecule has 25 heavy (non-hydrogen) atoms. The highest BCUT2D eigenvalue weighted by Crippen LogP contribution is 2.38. The van der Waals surface area contributed by atoms with Crippen molar-refractivity contribution in [2.45, 2.75) is 0 Å². The molecule has 2 rings (SSSR count). The number of anilines is 1. The molecule has 2 N–H and O–H groups in total. The van der Waals surface area contributed by atoms with Crippen LogP contribution in [0.2, 0.25) is 0 Å². The number of hydrogen-bond acceptors (Lipinski definition) is 7. The molecule has 0 atom stereocenters. The van der Waals surface area contributed by atoms with Crippen LogP contribution < -0.4 is 25.1 Å². The summed E-state index contributed by atoms with van der Waals surface area (Å²) in [5, 5.41) is 10.6. The lowest BCUT2D eigenvalue weighted by Gasteiger charge is -2.14. The predicted molar refractivity (Wildman–Crippen MR) is 90.3 cm³/mol. The van der Waals surface area contributed by atoms with Crippen LogP contribution in [-0.2, 0) is 0 Å². The van der Waals surface area contributed by atoms with Crippen LogP contribution in [0.4, 0.5) is 11.4 Å². The van der Waals surface area contributed by atoms with Crippen LogP contribution >= 0.6 is 0 Å². The second kappa shape index (κ2) is 7.86. The van der Waals surface area contributed by atoms with Gasteiger partial charge in [-0.15, -0.1) is 0 Å². The standard InChI is InChI=1S/C16H17N3O6/c1-23-13-8-10(9-14(24-2)15(13)25-3)16(20)18-17-11-4-6-12(7-5-11)19(21)22/h4-9,17H,1-3H3,(H,18,20). The zero-order valence-corrected chi connectivity index (χ0v) is 13.9. The lowest BCUT2D eigenvalue weighted by atomic mass is 10.1. The van der Waals surface area contributed by atoms with E-state index in [4.69, 9.17) is 14.2 Å². The van der Waals surface area contributed by atoms with Crippen LogP contribution in [0.15, 0.2) is 36.4 Å². The van der Waals surface area contributed by atoms with Gasteiger partial charge >= 0.3 is 0 Å². The number of benzene rings is 2. The van der Waals surface area contributed by atoms with Crippen LogP contribution in [0.1, 0.15) is 10.4 Å². The first-order valence-electron chi connectivity index (χ1n) is 7.11. The highest BCUT2D eigenvalue weighted by Gasteiger charge is 2.17. The molecule has 2 aromatic carbocycles. The zero-order valence-electron chi connectivity index (χ0n) is 13.9. The number of methoxy groups -OCH3 is 3. The number of carbonyl (C=O) groups is 1. The summed E-state index contributed by atoms with van der Waals surface area (Å²) < 4.78 is 15.6. The molecule has 0 aromatic heterocycles. The van der Waals surface area contributed by atoms with E-state index in [0.29, 0.717) is 22.9 Å². The van der Waals surface area contributed by atoms with Crippen LogP contribution in [0.25, 0.3) is 0 Å². The number of hydrogen-bond donors (Lipinski definition) is 2. The highest BCUT2D eigenvalue weighted by molar-refractivity contribution is 5.96. The molecule has 0 aliphatic heterocycles. The molecule has 0 saturated carbocycles. The summed E-state index contributed by atoms with van der Waals surface area (Å²) >= 11 is 0. The van der Waals surface area contributed by atoms with Crippen molar-refractivity contribution in [3.05, 3.63) is 52.1 Å². The van der Waals surface area contributed by atoms with Crippen molar-refractivity contribution >= 4 is 17.3 Å². The van der Waals surface area contributed by atoms with E-state index in [9.17, 15) is 14.9 Å². The predicted octanol–water partition coefficient (Wildman–Crippen LogP) is 2.38. The molecular weight excluding hydrogens is 330 g/mol. The maximum atomic E-state index is 12.3. The van der Waals surface area contributed by atoms with E-state index in [1.165, 1.54) is 57.7 Å². The first-order valence-corrected chi connectivity index (χ1v) is 7.11. The molecule has 0 bridgehead atoms. The average molecular weight is 347 g/mol. The normalized spacial score (nSPS) is 9.88. The topological polar surface area (TPSA) is 112 Å². The molecule has 0 fully saturated rings. The van der Waals surface area contributed by atoms with Gasteiger partial charge in [0.25, 0.3) is 11.6 Å². The fourth-order valence-corrected chi connectivity index (χ4v) is 2.08. The van der Waals surface area contributed by atoms with Gasteiger partial charge in [-0.1, -0.05) is 0 Å². The molecule has 0 saturated heterocycles. The van der Waals surface area contributed by atoms with Crippen LogP contribution in [0.3, 0.4) is 0 Å². The van der Waals surface area contributed by atoms with E-state index < -0.39 is 10.8 Å². The molecule has 0 unspecified atom stereocenters. The number of amides is 1. The number of nitrogens with zero attached hydrogens (tertiary/aromatic N) is 1. The first kappa shape index (κ1) is 17.9. The lowest BCUT2D eigenvalue weighted by molar-refractivity contribution is -0.384. The largest absolute Gasteiger partial charge is 0.493 e. The Labute approximate surface area is 143 Å². The quantitative estimate of drug-likeness (QED) is 0.584. The van der Waals surface area contributed by atoms with E-state index in [-0.39, 0.29) is 11.3 Å². The molecule has 132 valence electrons. The van der Waals surface area contributed by atoms with Gasteiger partial charge in [0.05, 0.1) is 31.9 Å². The maximum Gasteiger partial charge on any atom is 0.269 e. The van der Waals surface area contributed by atoms with Gasteiger partial charge in [-0.2, -0.15) is 0 Å². The van der Waals surface area contributed by atoms with Gasteiger partial charge in [-0.05, 0) is 24.3 Å². The zero-order chi connectivity index (χ0) is 18.4. The summed E-state index contributed by atoms with van der Waals surface area (Å²) in [7, 11) is 4.37. The second-order valence-electron chi connectivity index (χ2n) is 4.80. The number of nitro groups is 1. The second-order valence-corrected chi connectivity index (χ2v) is 4.80. The minimum Gasteiger partial charge on any atom is -0.493 e. The number of rotatable bonds is 7. The fourth-order valence-electron chi connectivity index (χ4n) is 2.08. The van der Waals surface area contributed by atoms with Gasteiger partial charge in [-0.3, -0.25) is 25.8 Å². The van der Waals surface area contributed by atoms with Crippen molar-refractivity contribution < 1.29 is 23.9 Å². The van der Waals surface area contributed by atoms with E-state index in [2.05, 4.69) is 10.9 Å². The molecule has 0 aliphatic carbocycles. The smallest absolute Gasteiger partial charge is 0.269 e. The van der Waals surface area contributed by atoms with Gasteiger partial charge in [-0.25, -0.2) is 0 Å². The Morgan fingerprint density at radius 3 is 2.00 bits per heavy atom. The number of nitro benzene ring substituents is 1. The molecule has 0 radical (unpaired) electrons. The minimum absolute atomic E-state index is 0.0403. The van der Waals surface area contributed by atoms with E-state index in [1.807, 2.05) is 0 Å². The van der Waals surface area contributed by atoms with E-state index in [0.717, 1.165) is 0 Å². The maximum absolute atomic E-state index is 12.3. The summed E-state index contributed by atoms with van der Waals surface area (Å²) in [6.45, 7) is 0. The number of ether oxygens (including phenoxy) is 3. The van der Waals surface area contributed by atoms with Gasteiger partial charge < -0.3 is 14.2 Å². The number of hydrazine groups is 1. The average Bonchev–Trinajstić information content (AvgIpc) is 2.64. The third-order valence-electron chi connectivity index (χ3n) is 3.33. The summed E-state index contributed by atoms with van der Waals surface area (Å²) in [4.78, 5) is 22.4. The van der Waals surface area contributed by atoms with Crippen LogP contribution in [-0.4, -0.2) is 32.2 Å². The molecule has 0 spiro atoms. The Morgan fingerprint density at radius 2 is 1.56 bits per heavy atom. The fraction of sp³-hybridized carbons (Fsp3) is 0.188. The van der Waals surface area contributed by atoms with Gasteiger partial charge in [0.1, 0.15) is 0 Å². The minimum atomic E-state index is -0.502. The Kier molecular flexibility index (Phi) is 5.62. The van der Waals surface area contributed by atoms with Crippen molar-refractivity contribution in [2.75, 3.05) is 26.8 Å². The van der Waals surface area contributed by atoms with Crippen molar-refractivity contribution in [1.82, 2.24) is 5.43 Å². The van der Waals surface area contributed by atoms with Crippen LogP contribution in [0.5, 0.6) is 17.2 Å². The van der Waals surface area contributed by atoms with E-state index in [1.54, 1.807) is 0 Å². The van der Waals surface area contributed by atoms with Crippen molar-refractivity contribution in [1.29, 1.82) is 0 Å². The van der Waals surface area contributed by atoms with Gasteiger partial charge in [0.15, 0.2) is 11.5 Å². The lowest BCUT2D eigenvalue weighted by Crippen LogP contribution is -2.29. The number of nitrogens with one attached hydrogen (secondary N) is 2. The molecule has 2 aromatic rings. The highest BCUT2D eigenvalue weighted by atomic mass is 16.6. The number of non-ortho nitro benzene ring substituents is 1. The van der Waals surface area contributed by atoms with Crippen molar-refractivity contribution in [3.63, 3.8) is 0 Å². The summed E-state index contributed by atoms with van der Waals surface area (Å²) in [6, 6.07) is 8.63. The van der Waals surface area contributed by atoms with E-state index >= 15 is 0 Å². The third-order valence-corrected chi connectivity index (χ3v) is 3.33. The van der Waals surface area contributed by atoms with Gasteiger partial charge in [0, 0.05) is 17.7 Å². The Balaban J connectivity index is 2.13. The Bertz CT molecular complexity index is 751. The van der Waals surface area contributed by atoms with Crippen molar-refractivity contribution in [2.24, 2.45) is 0 Å². The molecule has 0 heterocycles. The summed E-state index contributed by atoms with van der Waals surface area (Å²) in [5.74, 6) is 0.632. The van der Waals surface area contributed by atoms with Crippen LogP contribution in [0, 0.1) is 10.1 Å². The Morgan fingerprint density at radius 1 is 1.00 bits per heavy atom.